The Kier molecular flexibility index (Phi) is 8.68. The van der Waals surface area contributed by atoms with Crippen molar-refractivity contribution in [3.8, 4) is 0 Å². The number of halogens is 1. The van der Waals surface area contributed by atoms with Gasteiger partial charge in [0.05, 0.1) is 0 Å². The van der Waals surface area contributed by atoms with Crippen LogP contribution in [0.4, 0.5) is 11.5 Å². The summed E-state index contributed by atoms with van der Waals surface area (Å²) in [5, 5.41) is 6.24. The number of nitrogens with one attached hydrogen (secondary N) is 2. The van der Waals surface area contributed by atoms with Gasteiger partial charge >= 0.3 is 224 Å². The van der Waals surface area contributed by atoms with E-state index in [0.717, 1.165) is 16.4 Å². The van der Waals surface area contributed by atoms with Gasteiger partial charge in [0.15, 0.2) is 0 Å². The number of fused-ring (bicyclic) bond motifs is 1. The third-order valence-electron chi connectivity index (χ3n) is 5.20. The number of benzene rings is 1. The van der Waals surface area contributed by atoms with Gasteiger partial charge in [-0.2, -0.15) is 0 Å². The molecule has 0 radical (unpaired) electrons. The van der Waals surface area contributed by atoms with Gasteiger partial charge in [0.2, 0.25) is 0 Å². The predicted octanol–water partition coefficient (Wildman–Crippen LogP) is 5.19. The fourth-order valence-corrected chi connectivity index (χ4v) is 9.34. The first kappa shape index (κ1) is 28.7. The van der Waals surface area contributed by atoms with Gasteiger partial charge in [0, 0.05) is 0 Å². The molecule has 2 N–H and O–H groups in total. The van der Waals surface area contributed by atoms with Crippen LogP contribution in [0.5, 0.6) is 0 Å². The normalized spacial score (nSPS) is 14.9. The van der Waals surface area contributed by atoms with Gasteiger partial charge in [-0.3, -0.25) is 0 Å². The zero-order valence-corrected chi connectivity index (χ0v) is 26.3. The minimum absolute atomic E-state index is 0.172. The summed E-state index contributed by atoms with van der Waals surface area (Å²) >= 11 is -2.03. The number of carbonyl (C=O) groups excluding carboxylic acids is 1. The van der Waals surface area contributed by atoms with Crippen LogP contribution in [0, 0.1) is 10.6 Å². The Bertz CT molecular complexity index is 1280. The van der Waals surface area contributed by atoms with Gasteiger partial charge in [-0.15, -0.1) is 0 Å². The monoisotopic (exact) mass is 644 g/mol. The van der Waals surface area contributed by atoms with Crippen molar-refractivity contribution in [1.82, 2.24) is 15.3 Å². The minimum atomic E-state index is -3.35. The van der Waals surface area contributed by atoms with Crippen molar-refractivity contribution >= 4 is 60.7 Å². The van der Waals surface area contributed by atoms with Crippen molar-refractivity contribution in [2.75, 3.05) is 22.8 Å². The average molecular weight is 645 g/mol. The second kappa shape index (κ2) is 10.9. The molecule has 0 bridgehead atoms. The zero-order valence-electron chi connectivity index (χ0n) is 22.3. The Morgan fingerprint density at radius 2 is 1.86 bits per heavy atom. The predicted molar refractivity (Wildman–Crippen MR) is 157 cm³/mol. The molecule has 8 nitrogen and oxygen atoms in total. The second-order valence-electron chi connectivity index (χ2n) is 11.2. The average Bonchev–Trinajstić information content (AvgIpc) is 3.07. The van der Waals surface area contributed by atoms with Crippen LogP contribution < -0.4 is 10.6 Å². The Morgan fingerprint density at radius 1 is 1.17 bits per heavy atom. The molecule has 1 aliphatic heterocycles. The molecule has 0 aliphatic carbocycles. The summed E-state index contributed by atoms with van der Waals surface area (Å²) in [7, 11) is -4.54. The fourth-order valence-electron chi connectivity index (χ4n) is 3.29. The fraction of sp³-hybridized carbons (Fsp3) is 0.480. The van der Waals surface area contributed by atoms with E-state index in [-0.39, 0.29) is 10.8 Å². The zero-order chi connectivity index (χ0) is 26.9. The van der Waals surface area contributed by atoms with Crippen LogP contribution in [0.3, 0.4) is 0 Å². The van der Waals surface area contributed by atoms with E-state index >= 15 is 0 Å². The van der Waals surface area contributed by atoms with Gasteiger partial charge in [-0.25, -0.2) is 0 Å². The number of sulfone groups is 1. The van der Waals surface area contributed by atoms with Crippen LogP contribution in [0.25, 0.3) is 5.57 Å². The second-order valence-corrected chi connectivity index (χ2v) is 23.3. The first-order valence-electron chi connectivity index (χ1n) is 11.8. The van der Waals surface area contributed by atoms with Crippen molar-refractivity contribution in [3.05, 3.63) is 43.4 Å². The van der Waals surface area contributed by atoms with E-state index in [9.17, 15) is 13.2 Å². The Labute approximate surface area is 223 Å². The SMILES string of the molecule is Cc1nc2c(nc1Nc1cccc(S(C)(=O)=O)c1)C(C(=O)NC(C)(C)C)=CI2COCC[Si](C)(C)C. The molecular weight excluding hydrogens is 607 g/mol. The number of hydrogen-bond donors (Lipinski definition) is 2. The maximum atomic E-state index is 13.2. The van der Waals surface area contributed by atoms with Gasteiger partial charge < -0.3 is 0 Å². The van der Waals surface area contributed by atoms with Crippen LogP contribution in [-0.4, -0.2) is 55.4 Å². The van der Waals surface area contributed by atoms with Crippen LogP contribution in [0.15, 0.2) is 33.2 Å². The van der Waals surface area contributed by atoms with E-state index < -0.39 is 43.3 Å². The maximum absolute atomic E-state index is 13.2. The van der Waals surface area contributed by atoms with E-state index in [1.54, 1.807) is 24.3 Å². The molecule has 0 spiro atoms. The van der Waals surface area contributed by atoms with Crippen LogP contribution >= 0.6 is 19.8 Å². The first-order valence-corrected chi connectivity index (χ1v) is 21.2. The molecule has 3 rings (SSSR count). The standard InChI is InChI=1S/C25H37IN4O4SSi/c1-17-23(28-18-10-9-11-19(14-18)35(5,32)33)29-21-20(24(31)30-25(2,3)4)15-26(22(21)27-17)16-34-12-13-36(6,7)8/h9-11,14-15H,12-13,16H2,1-8H3,(H,28,29)(H,30,31). The van der Waals surface area contributed by atoms with E-state index in [2.05, 4.69) is 34.4 Å². The van der Waals surface area contributed by atoms with Crippen LogP contribution in [0.2, 0.25) is 25.7 Å². The number of alkyl halides is 1. The van der Waals surface area contributed by atoms with E-state index in [4.69, 9.17) is 14.7 Å². The molecular formula is C25H37IN4O4SSi. The molecule has 198 valence electrons. The topological polar surface area (TPSA) is 110 Å². The Morgan fingerprint density at radius 3 is 2.47 bits per heavy atom. The molecule has 11 heteroatoms. The summed E-state index contributed by atoms with van der Waals surface area (Å²) in [5.41, 5.74) is 2.01. The van der Waals surface area contributed by atoms with Crippen LogP contribution in [0.1, 0.15) is 32.2 Å². The number of ether oxygens (including phenoxy) is 1. The number of amides is 1. The third kappa shape index (κ3) is 7.83. The number of carbonyl (C=O) groups is 1. The molecule has 2 aromatic rings. The molecule has 1 amide bonds. The molecule has 0 saturated carbocycles. The summed E-state index contributed by atoms with van der Waals surface area (Å²) in [6.07, 6.45) is 1.18. The molecule has 2 heterocycles. The number of hydrogen-bond acceptors (Lipinski definition) is 7. The molecule has 1 aromatic carbocycles. The van der Waals surface area contributed by atoms with Crippen molar-refractivity contribution in [3.63, 3.8) is 0 Å². The molecule has 1 aliphatic rings. The number of nitrogens with zero attached hydrogens (tertiary/aromatic N) is 2. The van der Waals surface area contributed by atoms with Crippen LogP contribution in [-0.2, 0) is 19.4 Å². The number of rotatable bonds is 9. The summed E-state index contributed by atoms with van der Waals surface area (Å²) in [5.74, 6) is 0.319. The number of aryl methyl sites for hydroxylation is 1. The van der Waals surface area contributed by atoms with Crippen molar-refractivity contribution in [1.29, 1.82) is 0 Å². The molecule has 1 aromatic heterocycles. The quantitative estimate of drug-likeness (QED) is 0.167. The summed E-state index contributed by atoms with van der Waals surface area (Å²) in [6.45, 7) is 15.4. The molecule has 0 atom stereocenters. The molecule has 36 heavy (non-hydrogen) atoms. The summed E-state index contributed by atoms with van der Waals surface area (Å²) in [4.78, 5) is 23.1. The van der Waals surface area contributed by atoms with Gasteiger partial charge in [0.1, 0.15) is 0 Å². The van der Waals surface area contributed by atoms with E-state index in [1.165, 1.54) is 6.26 Å². The third-order valence-corrected chi connectivity index (χ3v) is 12.6. The Hall–Kier alpha value is -1.83. The number of anilines is 2. The van der Waals surface area contributed by atoms with Gasteiger partial charge in [-0.05, 0) is 0 Å². The number of aromatic nitrogens is 2. The van der Waals surface area contributed by atoms with Crippen molar-refractivity contribution in [2.24, 2.45) is 0 Å². The van der Waals surface area contributed by atoms with Gasteiger partial charge in [-0.1, -0.05) is 0 Å². The Balaban J connectivity index is 1.93. The summed E-state index contributed by atoms with van der Waals surface area (Å²) < 4.78 is 33.5. The van der Waals surface area contributed by atoms with E-state index in [1.807, 2.05) is 27.7 Å². The molecule has 0 unspecified atom stereocenters. The van der Waals surface area contributed by atoms with Crippen molar-refractivity contribution < 1.29 is 17.9 Å². The first-order chi connectivity index (χ1) is 16.5. The molecule has 0 fully saturated rings. The van der Waals surface area contributed by atoms with E-state index in [0.29, 0.717) is 33.1 Å². The summed E-state index contributed by atoms with van der Waals surface area (Å²) in [6, 6.07) is 7.66. The van der Waals surface area contributed by atoms with Crippen molar-refractivity contribution in [2.45, 2.75) is 63.8 Å². The van der Waals surface area contributed by atoms with Gasteiger partial charge in [0.25, 0.3) is 0 Å². The molecule has 0 saturated heterocycles.